The Morgan fingerprint density at radius 1 is 1.09 bits per heavy atom. The van der Waals surface area contributed by atoms with Crippen LogP contribution >= 0.6 is 0 Å². The molecule has 0 N–H and O–H groups in total. The summed E-state index contributed by atoms with van der Waals surface area (Å²) in [6, 6.07) is 10.3. The van der Waals surface area contributed by atoms with Gasteiger partial charge in [0, 0.05) is 12.0 Å². The van der Waals surface area contributed by atoms with Gasteiger partial charge in [-0.2, -0.15) is 13.2 Å². The van der Waals surface area contributed by atoms with Gasteiger partial charge < -0.3 is 4.42 Å². The first-order valence-electron chi connectivity index (χ1n) is 7.00. The van der Waals surface area contributed by atoms with E-state index in [9.17, 15) is 22.8 Å². The number of furan rings is 1. The summed E-state index contributed by atoms with van der Waals surface area (Å²) in [6.07, 6.45) is -5.42. The second-order valence-corrected chi connectivity index (χ2v) is 5.27. The molecule has 1 atom stereocenters. The van der Waals surface area contributed by atoms with E-state index in [2.05, 4.69) is 0 Å². The fraction of sp³-hybridized carbons (Fsp3) is 0.294. The number of hydrogen-bond donors (Lipinski definition) is 0. The normalized spacial score (nSPS) is 12.9. The highest BCUT2D eigenvalue weighted by molar-refractivity contribution is 5.96. The molecule has 0 aliphatic carbocycles. The molecular formula is C17H15F3O3. The van der Waals surface area contributed by atoms with Gasteiger partial charge in [0.05, 0.1) is 6.42 Å². The predicted octanol–water partition coefficient (Wildman–Crippen LogP) is 4.33. The molecule has 2 aromatic rings. The summed E-state index contributed by atoms with van der Waals surface area (Å²) in [6.45, 7) is 1.32. The SMILES string of the molecule is CC(=O)Cc1ccc([C@H](CC(=O)c2ccccc2)C(F)(F)F)o1. The van der Waals surface area contributed by atoms with Crippen LogP contribution in [0.2, 0.25) is 0 Å². The van der Waals surface area contributed by atoms with E-state index in [0.717, 1.165) is 0 Å². The Morgan fingerprint density at radius 3 is 2.30 bits per heavy atom. The third-order valence-corrected chi connectivity index (χ3v) is 3.33. The van der Waals surface area contributed by atoms with Crippen LogP contribution in [0, 0.1) is 0 Å². The minimum atomic E-state index is -4.62. The van der Waals surface area contributed by atoms with Gasteiger partial charge in [0.15, 0.2) is 5.78 Å². The molecular weight excluding hydrogens is 309 g/mol. The van der Waals surface area contributed by atoms with E-state index in [0.29, 0.717) is 0 Å². The molecule has 0 bridgehead atoms. The molecule has 0 unspecified atom stereocenters. The van der Waals surface area contributed by atoms with Crippen LogP contribution in [-0.4, -0.2) is 17.7 Å². The lowest BCUT2D eigenvalue weighted by Gasteiger charge is -2.17. The maximum Gasteiger partial charge on any atom is 0.399 e. The zero-order valence-corrected chi connectivity index (χ0v) is 12.4. The molecule has 0 fully saturated rings. The van der Waals surface area contributed by atoms with Crippen molar-refractivity contribution in [2.45, 2.75) is 31.9 Å². The van der Waals surface area contributed by atoms with Gasteiger partial charge >= 0.3 is 6.18 Å². The number of hydrogen-bond acceptors (Lipinski definition) is 3. The molecule has 0 saturated heterocycles. The number of alkyl halides is 3. The Morgan fingerprint density at radius 2 is 1.74 bits per heavy atom. The first kappa shape index (κ1) is 17.0. The molecule has 0 amide bonds. The van der Waals surface area contributed by atoms with Crippen LogP contribution in [0.25, 0.3) is 0 Å². The number of carbonyl (C=O) groups is 2. The van der Waals surface area contributed by atoms with E-state index >= 15 is 0 Å². The van der Waals surface area contributed by atoms with E-state index in [1.165, 1.54) is 31.2 Å². The molecule has 1 aromatic heterocycles. The summed E-state index contributed by atoms with van der Waals surface area (Å²) in [4.78, 5) is 23.1. The second kappa shape index (κ2) is 6.81. The molecule has 3 nitrogen and oxygen atoms in total. The van der Waals surface area contributed by atoms with Crippen molar-refractivity contribution in [2.75, 3.05) is 0 Å². The zero-order chi connectivity index (χ0) is 17.0. The van der Waals surface area contributed by atoms with Crippen LogP contribution in [0.1, 0.15) is 41.1 Å². The molecule has 0 saturated carbocycles. The minimum Gasteiger partial charge on any atom is -0.465 e. The van der Waals surface area contributed by atoms with Gasteiger partial charge in [-0.1, -0.05) is 30.3 Å². The molecule has 23 heavy (non-hydrogen) atoms. The molecule has 0 radical (unpaired) electrons. The lowest BCUT2D eigenvalue weighted by molar-refractivity contribution is -0.153. The molecule has 0 aliphatic heterocycles. The Kier molecular flexibility index (Phi) is 5.03. The van der Waals surface area contributed by atoms with E-state index in [1.807, 2.05) is 0 Å². The maximum atomic E-state index is 13.3. The average Bonchev–Trinajstić information content (AvgIpc) is 2.91. The number of benzene rings is 1. The van der Waals surface area contributed by atoms with Gasteiger partial charge in [0.1, 0.15) is 23.2 Å². The predicted molar refractivity (Wildman–Crippen MR) is 77.3 cm³/mol. The smallest absolute Gasteiger partial charge is 0.399 e. The lowest BCUT2D eigenvalue weighted by atomic mass is 9.95. The zero-order valence-electron chi connectivity index (χ0n) is 12.4. The first-order valence-corrected chi connectivity index (χ1v) is 7.00. The van der Waals surface area contributed by atoms with Gasteiger partial charge in [-0.15, -0.1) is 0 Å². The number of Topliss-reactive ketones (excluding diaryl/α,β-unsaturated/α-hetero) is 2. The summed E-state index contributed by atoms with van der Waals surface area (Å²) in [5, 5.41) is 0. The fourth-order valence-electron chi connectivity index (χ4n) is 2.23. The molecule has 1 aromatic carbocycles. The van der Waals surface area contributed by atoms with Crippen molar-refractivity contribution in [1.29, 1.82) is 0 Å². The van der Waals surface area contributed by atoms with Crippen molar-refractivity contribution in [3.63, 3.8) is 0 Å². The highest BCUT2D eigenvalue weighted by Crippen LogP contribution is 2.39. The highest BCUT2D eigenvalue weighted by Gasteiger charge is 2.44. The van der Waals surface area contributed by atoms with Crippen molar-refractivity contribution < 1.29 is 27.2 Å². The monoisotopic (exact) mass is 324 g/mol. The van der Waals surface area contributed by atoms with Crippen LogP contribution in [0.4, 0.5) is 13.2 Å². The first-order chi connectivity index (χ1) is 10.8. The van der Waals surface area contributed by atoms with Gasteiger partial charge in [-0.3, -0.25) is 9.59 Å². The van der Waals surface area contributed by atoms with E-state index in [1.54, 1.807) is 18.2 Å². The van der Waals surface area contributed by atoms with Crippen molar-refractivity contribution in [2.24, 2.45) is 0 Å². The largest absolute Gasteiger partial charge is 0.465 e. The van der Waals surface area contributed by atoms with Gasteiger partial charge in [-0.05, 0) is 19.1 Å². The number of ketones is 2. The quantitative estimate of drug-likeness (QED) is 0.743. The van der Waals surface area contributed by atoms with Crippen molar-refractivity contribution in [1.82, 2.24) is 0 Å². The fourth-order valence-corrected chi connectivity index (χ4v) is 2.23. The summed E-state index contributed by atoms with van der Waals surface area (Å²) < 4.78 is 45.0. The Hall–Kier alpha value is -2.37. The summed E-state index contributed by atoms with van der Waals surface area (Å²) in [5.74, 6) is -3.05. The van der Waals surface area contributed by atoms with Crippen LogP contribution in [-0.2, 0) is 11.2 Å². The standard InChI is InChI=1S/C17H15F3O3/c1-11(21)9-13-7-8-16(23-13)14(17(18,19)20)10-15(22)12-5-3-2-4-6-12/h2-8,14H,9-10H2,1H3/t14-/m0/s1. The van der Waals surface area contributed by atoms with Crippen LogP contribution in [0.5, 0.6) is 0 Å². The summed E-state index contributed by atoms with van der Waals surface area (Å²) >= 11 is 0. The topological polar surface area (TPSA) is 47.3 Å². The number of halogens is 3. The van der Waals surface area contributed by atoms with Gasteiger partial charge in [0.2, 0.25) is 0 Å². The number of rotatable bonds is 6. The Balaban J connectivity index is 2.23. The molecule has 2 rings (SSSR count). The van der Waals surface area contributed by atoms with Crippen LogP contribution < -0.4 is 0 Å². The van der Waals surface area contributed by atoms with E-state index in [-0.39, 0.29) is 29.3 Å². The lowest BCUT2D eigenvalue weighted by Crippen LogP contribution is -2.23. The van der Waals surface area contributed by atoms with Crippen molar-refractivity contribution >= 4 is 11.6 Å². The minimum absolute atomic E-state index is 0.0722. The molecule has 0 spiro atoms. The molecule has 6 heteroatoms. The molecule has 0 aliphatic rings. The van der Waals surface area contributed by atoms with E-state index < -0.39 is 24.3 Å². The summed E-state index contributed by atoms with van der Waals surface area (Å²) in [7, 11) is 0. The van der Waals surface area contributed by atoms with E-state index in [4.69, 9.17) is 4.42 Å². The second-order valence-electron chi connectivity index (χ2n) is 5.27. The number of carbonyl (C=O) groups excluding carboxylic acids is 2. The van der Waals surface area contributed by atoms with Crippen LogP contribution in [0.3, 0.4) is 0 Å². The Bertz CT molecular complexity index is 687. The average molecular weight is 324 g/mol. The third kappa shape index (κ3) is 4.55. The van der Waals surface area contributed by atoms with Crippen molar-refractivity contribution in [3.8, 4) is 0 Å². The Labute approximate surface area is 131 Å². The molecule has 1 heterocycles. The van der Waals surface area contributed by atoms with Gasteiger partial charge in [0.25, 0.3) is 0 Å². The molecule has 122 valence electrons. The summed E-state index contributed by atoms with van der Waals surface area (Å²) in [5.41, 5.74) is 0.220. The van der Waals surface area contributed by atoms with Crippen molar-refractivity contribution in [3.05, 3.63) is 59.5 Å². The third-order valence-electron chi connectivity index (χ3n) is 3.33. The maximum absolute atomic E-state index is 13.3. The highest BCUT2D eigenvalue weighted by atomic mass is 19.4. The van der Waals surface area contributed by atoms with Gasteiger partial charge in [-0.25, -0.2) is 0 Å². The van der Waals surface area contributed by atoms with Crippen LogP contribution in [0.15, 0.2) is 46.9 Å².